The van der Waals surface area contributed by atoms with Crippen molar-refractivity contribution in [3.63, 3.8) is 0 Å². The van der Waals surface area contributed by atoms with Gasteiger partial charge in [0.15, 0.2) is 5.43 Å². The number of rotatable bonds is 4. The Balaban J connectivity index is 1.61. The third kappa shape index (κ3) is 3.86. The summed E-state index contributed by atoms with van der Waals surface area (Å²) in [7, 11) is 0. The lowest BCUT2D eigenvalue weighted by Crippen LogP contribution is -2.14. The zero-order chi connectivity index (χ0) is 19.5. The molecular weight excluding hydrogens is 350 g/mol. The van der Waals surface area contributed by atoms with E-state index < -0.39 is 0 Å². The Hall–Kier alpha value is -3.66. The summed E-state index contributed by atoms with van der Waals surface area (Å²) in [4.78, 5) is 24.9. The monoisotopic (exact) mass is 369 g/mol. The van der Waals surface area contributed by atoms with Gasteiger partial charge in [-0.25, -0.2) is 0 Å². The summed E-state index contributed by atoms with van der Waals surface area (Å²) in [6.07, 6.45) is 0.278. The minimum atomic E-state index is -0.142. The van der Waals surface area contributed by atoms with Gasteiger partial charge >= 0.3 is 0 Å². The Kier molecular flexibility index (Phi) is 4.77. The van der Waals surface area contributed by atoms with Gasteiger partial charge in [0.05, 0.1) is 11.8 Å². The SMILES string of the molecule is Cc1cccc(-c2cc(=O)c3cc(NC(=O)Cc4ccccc4)ccc3o2)c1. The minimum Gasteiger partial charge on any atom is -0.456 e. The number of hydrogen-bond donors (Lipinski definition) is 1. The van der Waals surface area contributed by atoms with Crippen molar-refractivity contribution in [2.45, 2.75) is 13.3 Å². The van der Waals surface area contributed by atoms with Crippen LogP contribution in [0.15, 0.2) is 88.1 Å². The summed E-state index contributed by atoms with van der Waals surface area (Å²) in [5, 5.41) is 3.28. The second-order valence-electron chi connectivity index (χ2n) is 6.77. The van der Waals surface area contributed by atoms with Crippen molar-refractivity contribution in [3.8, 4) is 11.3 Å². The highest BCUT2D eigenvalue weighted by molar-refractivity contribution is 5.94. The second-order valence-corrected chi connectivity index (χ2v) is 6.77. The van der Waals surface area contributed by atoms with Crippen molar-refractivity contribution in [3.05, 3.63) is 100 Å². The molecule has 0 atom stereocenters. The maximum absolute atomic E-state index is 12.6. The summed E-state index contributed by atoms with van der Waals surface area (Å²) >= 11 is 0. The molecule has 0 saturated carbocycles. The largest absolute Gasteiger partial charge is 0.456 e. The predicted octanol–water partition coefficient (Wildman–Crippen LogP) is 4.95. The molecule has 4 aromatic rings. The molecule has 1 aromatic heterocycles. The fourth-order valence-corrected chi connectivity index (χ4v) is 3.16. The smallest absolute Gasteiger partial charge is 0.228 e. The average Bonchev–Trinajstić information content (AvgIpc) is 2.69. The van der Waals surface area contributed by atoms with Gasteiger partial charge in [-0.3, -0.25) is 9.59 Å². The van der Waals surface area contributed by atoms with Crippen LogP contribution in [0.1, 0.15) is 11.1 Å². The zero-order valence-corrected chi connectivity index (χ0v) is 15.4. The summed E-state index contributed by atoms with van der Waals surface area (Å²) in [6, 6.07) is 23.9. The van der Waals surface area contributed by atoms with Crippen LogP contribution in [0.4, 0.5) is 5.69 Å². The first kappa shape index (κ1) is 17.7. The Labute approximate surface area is 162 Å². The van der Waals surface area contributed by atoms with Crippen molar-refractivity contribution in [1.29, 1.82) is 0 Å². The number of anilines is 1. The van der Waals surface area contributed by atoms with E-state index in [9.17, 15) is 9.59 Å². The molecule has 0 radical (unpaired) electrons. The van der Waals surface area contributed by atoms with Crippen LogP contribution in [0.2, 0.25) is 0 Å². The molecule has 3 aromatic carbocycles. The number of carbonyl (C=O) groups is 1. The van der Waals surface area contributed by atoms with Crippen LogP contribution in [0.5, 0.6) is 0 Å². The molecular formula is C24H19NO3. The number of nitrogens with one attached hydrogen (secondary N) is 1. The third-order valence-electron chi connectivity index (χ3n) is 4.52. The highest BCUT2D eigenvalue weighted by Crippen LogP contribution is 2.24. The van der Waals surface area contributed by atoms with Gasteiger partial charge in [0.25, 0.3) is 0 Å². The molecule has 0 unspecified atom stereocenters. The van der Waals surface area contributed by atoms with Gasteiger partial charge in [0.2, 0.25) is 5.91 Å². The Morgan fingerprint density at radius 2 is 1.75 bits per heavy atom. The van der Waals surface area contributed by atoms with Crippen molar-refractivity contribution >= 4 is 22.6 Å². The van der Waals surface area contributed by atoms with E-state index in [1.807, 2.05) is 61.5 Å². The number of aryl methyl sites for hydroxylation is 1. The third-order valence-corrected chi connectivity index (χ3v) is 4.52. The summed E-state index contributed by atoms with van der Waals surface area (Å²) in [5.41, 5.74) is 3.81. The molecule has 28 heavy (non-hydrogen) atoms. The van der Waals surface area contributed by atoms with Crippen LogP contribution in [0.25, 0.3) is 22.3 Å². The molecule has 0 fully saturated rings. The average molecular weight is 369 g/mol. The van der Waals surface area contributed by atoms with E-state index >= 15 is 0 Å². The predicted molar refractivity (Wildman–Crippen MR) is 111 cm³/mol. The van der Waals surface area contributed by atoms with Crippen molar-refractivity contribution in [2.75, 3.05) is 5.32 Å². The molecule has 1 heterocycles. The van der Waals surface area contributed by atoms with Crippen molar-refractivity contribution in [1.82, 2.24) is 0 Å². The molecule has 1 amide bonds. The first-order chi connectivity index (χ1) is 13.6. The molecule has 4 heteroatoms. The second kappa shape index (κ2) is 7.53. The standard InChI is InChI=1S/C24H19NO3/c1-16-6-5-9-18(12-16)23-15-21(26)20-14-19(10-11-22(20)28-23)25-24(27)13-17-7-3-2-4-8-17/h2-12,14-15H,13H2,1H3,(H,25,27). The lowest BCUT2D eigenvalue weighted by atomic mass is 10.1. The van der Waals surface area contributed by atoms with Gasteiger partial charge in [-0.2, -0.15) is 0 Å². The van der Waals surface area contributed by atoms with Crippen LogP contribution in [0, 0.1) is 6.92 Å². The first-order valence-electron chi connectivity index (χ1n) is 9.07. The Bertz CT molecular complexity index is 1210. The van der Waals surface area contributed by atoms with Crippen LogP contribution < -0.4 is 10.7 Å². The minimum absolute atomic E-state index is 0.133. The van der Waals surface area contributed by atoms with Gasteiger partial charge in [-0.15, -0.1) is 0 Å². The fraction of sp³-hybridized carbons (Fsp3) is 0.0833. The fourth-order valence-electron chi connectivity index (χ4n) is 3.16. The van der Waals surface area contributed by atoms with E-state index in [1.54, 1.807) is 18.2 Å². The van der Waals surface area contributed by atoms with Crippen LogP contribution in [-0.4, -0.2) is 5.91 Å². The quantitative estimate of drug-likeness (QED) is 0.554. The van der Waals surface area contributed by atoms with E-state index in [2.05, 4.69) is 5.32 Å². The molecule has 138 valence electrons. The van der Waals surface area contributed by atoms with Crippen molar-refractivity contribution < 1.29 is 9.21 Å². The van der Waals surface area contributed by atoms with Crippen molar-refractivity contribution in [2.24, 2.45) is 0 Å². The molecule has 1 N–H and O–H groups in total. The lowest BCUT2D eigenvalue weighted by Gasteiger charge is -2.08. The molecule has 0 aliphatic heterocycles. The van der Waals surface area contributed by atoms with Gasteiger partial charge in [0.1, 0.15) is 11.3 Å². The van der Waals surface area contributed by atoms with E-state index in [-0.39, 0.29) is 17.8 Å². The maximum Gasteiger partial charge on any atom is 0.228 e. The number of benzene rings is 3. The summed E-state index contributed by atoms with van der Waals surface area (Å²) < 4.78 is 5.93. The molecule has 4 nitrogen and oxygen atoms in total. The molecule has 4 rings (SSSR count). The zero-order valence-electron chi connectivity index (χ0n) is 15.4. The van der Waals surface area contributed by atoms with E-state index in [0.29, 0.717) is 22.4 Å². The van der Waals surface area contributed by atoms with E-state index in [1.165, 1.54) is 6.07 Å². The molecule has 0 aliphatic carbocycles. The van der Waals surface area contributed by atoms with Crippen LogP contribution in [0.3, 0.4) is 0 Å². The van der Waals surface area contributed by atoms with Gasteiger partial charge < -0.3 is 9.73 Å². The molecule has 0 bridgehead atoms. The number of fused-ring (bicyclic) bond motifs is 1. The first-order valence-corrected chi connectivity index (χ1v) is 9.07. The van der Waals surface area contributed by atoms with Crippen LogP contribution in [-0.2, 0) is 11.2 Å². The summed E-state index contributed by atoms with van der Waals surface area (Å²) in [6.45, 7) is 1.99. The maximum atomic E-state index is 12.6. The van der Waals surface area contributed by atoms with E-state index in [4.69, 9.17) is 4.42 Å². The highest BCUT2D eigenvalue weighted by atomic mass is 16.3. The number of amides is 1. The van der Waals surface area contributed by atoms with E-state index in [0.717, 1.165) is 16.7 Å². The molecule has 0 aliphatic rings. The number of hydrogen-bond acceptors (Lipinski definition) is 3. The van der Waals surface area contributed by atoms with Gasteiger partial charge in [-0.1, -0.05) is 54.1 Å². The lowest BCUT2D eigenvalue weighted by molar-refractivity contribution is -0.115. The topological polar surface area (TPSA) is 59.3 Å². The summed E-state index contributed by atoms with van der Waals surface area (Å²) in [5.74, 6) is 0.397. The molecule has 0 saturated heterocycles. The van der Waals surface area contributed by atoms with Gasteiger partial charge in [0, 0.05) is 17.3 Å². The number of carbonyl (C=O) groups excluding carboxylic acids is 1. The normalized spacial score (nSPS) is 10.8. The Morgan fingerprint density at radius 1 is 0.929 bits per heavy atom. The Morgan fingerprint density at radius 3 is 2.54 bits per heavy atom. The highest BCUT2D eigenvalue weighted by Gasteiger charge is 2.10. The van der Waals surface area contributed by atoms with Gasteiger partial charge in [-0.05, 0) is 36.8 Å². The molecule has 0 spiro atoms. The van der Waals surface area contributed by atoms with Crippen LogP contribution >= 0.6 is 0 Å².